The zero-order valence-corrected chi connectivity index (χ0v) is 14.8. The summed E-state index contributed by atoms with van der Waals surface area (Å²) in [6, 6.07) is 0.208. The molecule has 0 bridgehead atoms. The molecule has 2 aliphatic heterocycles. The Morgan fingerprint density at radius 3 is 2.41 bits per heavy atom. The number of hydrogen-bond acceptors (Lipinski definition) is 3. The second kappa shape index (κ2) is 8.16. The largest absolute Gasteiger partial charge is 0.352 e. The summed E-state index contributed by atoms with van der Waals surface area (Å²) >= 11 is 0. The molecule has 22 heavy (non-hydrogen) atoms. The first kappa shape index (κ1) is 19.2. The average Bonchev–Trinajstić information content (AvgIpc) is 2.97. The van der Waals surface area contributed by atoms with Crippen molar-refractivity contribution in [2.75, 3.05) is 19.6 Å². The zero-order valence-electron chi connectivity index (χ0n) is 14.0. The molecule has 2 aliphatic rings. The van der Waals surface area contributed by atoms with Crippen LogP contribution in [0.15, 0.2) is 0 Å². The Balaban J connectivity index is 0.00000242. The molecule has 1 atom stereocenters. The van der Waals surface area contributed by atoms with E-state index in [0.29, 0.717) is 0 Å². The van der Waals surface area contributed by atoms with E-state index < -0.39 is 0 Å². The average molecular weight is 332 g/mol. The lowest BCUT2D eigenvalue weighted by molar-refractivity contribution is -0.135. The summed E-state index contributed by atoms with van der Waals surface area (Å²) in [4.78, 5) is 26.4. The monoisotopic (exact) mass is 331 g/mol. The minimum Gasteiger partial charge on any atom is -0.352 e. The van der Waals surface area contributed by atoms with Gasteiger partial charge >= 0.3 is 0 Å². The highest BCUT2D eigenvalue weighted by Crippen LogP contribution is 2.24. The van der Waals surface area contributed by atoms with Crippen molar-refractivity contribution in [2.45, 2.75) is 64.5 Å². The molecule has 2 fully saturated rings. The van der Waals surface area contributed by atoms with Crippen LogP contribution in [-0.2, 0) is 9.59 Å². The number of amides is 2. The van der Waals surface area contributed by atoms with Gasteiger partial charge in [0.15, 0.2) is 0 Å². The number of rotatable bonds is 4. The van der Waals surface area contributed by atoms with E-state index in [-0.39, 0.29) is 41.7 Å². The Hall–Kier alpha value is -0.810. The van der Waals surface area contributed by atoms with Crippen LogP contribution in [0.3, 0.4) is 0 Å². The normalized spacial score (nSPS) is 25.9. The number of nitrogens with zero attached hydrogens (tertiary/aromatic N) is 1. The Kier molecular flexibility index (Phi) is 7.13. The standard InChI is InChI=1S/C16H29N3O2.ClH/c1-4-16(8-5-9-17-16)15(21)18-13-6-10-19(11-7-13)14(20)12(2)3;/h12-13,17H,4-11H2,1-3H3,(H,18,21);1H. The lowest BCUT2D eigenvalue weighted by Gasteiger charge is -2.35. The summed E-state index contributed by atoms with van der Waals surface area (Å²) in [5, 5.41) is 6.58. The Bertz CT molecular complexity index is 387. The minimum absolute atomic E-state index is 0. The highest BCUT2D eigenvalue weighted by molar-refractivity contribution is 5.87. The summed E-state index contributed by atoms with van der Waals surface area (Å²) < 4.78 is 0. The molecule has 0 aliphatic carbocycles. The van der Waals surface area contributed by atoms with E-state index in [1.165, 1.54) is 0 Å². The molecule has 128 valence electrons. The van der Waals surface area contributed by atoms with Gasteiger partial charge in [-0.15, -0.1) is 12.4 Å². The van der Waals surface area contributed by atoms with Gasteiger partial charge in [0, 0.05) is 25.0 Å². The summed E-state index contributed by atoms with van der Waals surface area (Å²) in [5.74, 6) is 0.431. The number of carbonyl (C=O) groups excluding carboxylic acids is 2. The number of halogens is 1. The smallest absolute Gasteiger partial charge is 0.240 e. The maximum atomic E-state index is 12.5. The first-order valence-corrected chi connectivity index (χ1v) is 8.33. The molecule has 0 aromatic heterocycles. The Morgan fingerprint density at radius 1 is 1.32 bits per heavy atom. The summed E-state index contributed by atoms with van der Waals surface area (Å²) in [6.45, 7) is 8.40. The van der Waals surface area contributed by atoms with Crippen molar-refractivity contribution in [3.05, 3.63) is 0 Å². The number of likely N-dealkylation sites (tertiary alicyclic amines) is 1. The fourth-order valence-corrected chi connectivity index (χ4v) is 3.40. The van der Waals surface area contributed by atoms with Crippen molar-refractivity contribution < 1.29 is 9.59 Å². The van der Waals surface area contributed by atoms with Crippen LogP contribution in [0.2, 0.25) is 0 Å². The van der Waals surface area contributed by atoms with Gasteiger partial charge in [0.25, 0.3) is 0 Å². The van der Waals surface area contributed by atoms with Crippen LogP contribution in [0.1, 0.15) is 52.9 Å². The van der Waals surface area contributed by atoms with E-state index in [2.05, 4.69) is 17.6 Å². The summed E-state index contributed by atoms with van der Waals surface area (Å²) in [7, 11) is 0. The van der Waals surface area contributed by atoms with Gasteiger partial charge in [-0.1, -0.05) is 20.8 Å². The van der Waals surface area contributed by atoms with Crippen LogP contribution < -0.4 is 10.6 Å². The van der Waals surface area contributed by atoms with Gasteiger partial charge in [-0.05, 0) is 38.6 Å². The predicted molar refractivity (Wildman–Crippen MR) is 90.1 cm³/mol. The van der Waals surface area contributed by atoms with Crippen LogP contribution in [0.5, 0.6) is 0 Å². The third-order valence-electron chi connectivity index (χ3n) is 4.92. The molecule has 2 heterocycles. The number of hydrogen-bond donors (Lipinski definition) is 2. The fourth-order valence-electron chi connectivity index (χ4n) is 3.40. The van der Waals surface area contributed by atoms with Gasteiger partial charge in [-0.2, -0.15) is 0 Å². The van der Waals surface area contributed by atoms with E-state index in [0.717, 1.165) is 51.7 Å². The van der Waals surface area contributed by atoms with Crippen LogP contribution in [0.25, 0.3) is 0 Å². The first-order chi connectivity index (χ1) is 9.98. The van der Waals surface area contributed by atoms with Gasteiger partial charge in [-0.3, -0.25) is 9.59 Å². The SMILES string of the molecule is CCC1(C(=O)NC2CCN(C(=O)C(C)C)CC2)CCCN1.Cl. The Labute approximate surface area is 140 Å². The van der Waals surface area contributed by atoms with Crippen LogP contribution in [0, 0.1) is 5.92 Å². The maximum absolute atomic E-state index is 12.5. The molecule has 0 spiro atoms. The first-order valence-electron chi connectivity index (χ1n) is 8.33. The molecule has 0 aromatic carbocycles. The molecule has 2 rings (SSSR count). The summed E-state index contributed by atoms with van der Waals surface area (Å²) in [5.41, 5.74) is -0.356. The summed E-state index contributed by atoms with van der Waals surface area (Å²) in [6.07, 6.45) is 4.57. The molecule has 2 saturated heterocycles. The van der Waals surface area contributed by atoms with Crippen molar-refractivity contribution >= 4 is 24.2 Å². The van der Waals surface area contributed by atoms with Gasteiger partial charge < -0.3 is 15.5 Å². The molecule has 2 N–H and O–H groups in total. The third-order valence-corrected chi connectivity index (χ3v) is 4.92. The highest BCUT2D eigenvalue weighted by atomic mass is 35.5. The molecule has 0 radical (unpaired) electrons. The number of carbonyl (C=O) groups is 2. The predicted octanol–water partition coefficient (Wildman–Crippen LogP) is 1.70. The highest BCUT2D eigenvalue weighted by Gasteiger charge is 2.40. The van der Waals surface area contributed by atoms with Crippen molar-refractivity contribution in [3.8, 4) is 0 Å². The van der Waals surface area contributed by atoms with E-state index >= 15 is 0 Å². The molecule has 6 heteroatoms. The minimum atomic E-state index is -0.356. The Morgan fingerprint density at radius 2 is 1.95 bits per heavy atom. The molecular weight excluding hydrogens is 302 g/mol. The van der Waals surface area contributed by atoms with Crippen molar-refractivity contribution in [2.24, 2.45) is 5.92 Å². The third kappa shape index (κ3) is 4.13. The van der Waals surface area contributed by atoms with E-state index in [1.54, 1.807) is 0 Å². The second-order valence-corrected chi connectivity index (χ2v) is 6.69. The van der Waals surface area contributed by atoms with Gasteiger partial charge in [0.2, 0.25) is 11.8 Å². The second-order valence-electron chi connectivity index (χ2n) is 6.69. The molecule has 1 unspecified atom stereocenters. The van der Waals surface area contributed by atoms with E-state index in [4.69, 9.17) is 0 Å². The number of nitrogens with one attached hydrogen (secondary N) is 2. The lowest BCUT2D eigenvalue weighted by atomic mass is 9.92. The van der Waals surface area contributed by atoms with Crippen molar-refractivity contribution in [3.63, 3.8) is 0 Å². The molecule has 2 amide bonds. The van der Waals surface area contributed by atoms with Gasteiger partial charge in [0.05, 0.1) is 5.54 Å². The van der Waals surface area contributed by atoms with Crippen LogP contribution >= 0.6 is 12.4 Å². The lowest BCUT2D eigenvalue weighted by Crippen LogP contribution is -2.57. The zero-order chi connectivity index (χ0) is 15.5. The van der Waals surface area contributed by atoms with Crippen LogP contribution in [0.4, 0.5) is 0 Å². The van der Waals surface area contributed by atoms with Crippen LogP contribution in [-0.4, -0.2) is 47.9 Å². The van der Waals surface area contributed by atoms with Gasteiger partial charge in [-0.25, -0.2) is 0 Å². The topological polar surface area (TPSA) is 61.4 Å². The molecular formula is C16H30ClN3O2. The maximum Gasteiger partial charge on any atom is 0.240 e. The van der Waals surface area contributed by atoms with Crippen molar-refractivity contribution in [1.29, 1.82) is 0 Å². The fraction of sp³-hybridized carbons (Fsp3) is 0.875. The molecule has 5 nitrogen and oxygen atoms in total. The molecule has 0 aromatic rings. The number of piperidine rings is 1. The van der Waals surface area contributed by atoms with Crippen molar-refractivity contribution in [1.82, 2.24) is 15.5 Å². The molecule has 0 saturated carbocycles. The van der Waals surface area contributed by atoms with E-state index in [1.807, 2.05) is 18.7 Å². The van der Waals surface area contributed by atoms with E-state index in [9.17, 15) is 9.59 Å². The van der Waals surface area contributed by atoms with Gasteiger partial charge in [0.1, 0.15) is 0 Å². The quantitative estimate of drug-likeness (QED) is 0.824.